The van der Waals surface area contributed by atoms with E-state index in [1.54, 1.807) is 24.0 Å². The molecule has 1 aliphatic heterocycles. The molecule has 112 valence electrons. The van der Waals surface area contributed by atoms with Crippen LogP contribution in [0.4, 0.5) is 5.13 Å². The van der Waals surface area contributed by atoms with Gasteiger partial charge in [-0.25, -0.2) is 4.98 Å². The minimum Gasteiger partial charge on any atom is -0.344 e. The minimum atomic E-state index is -0.125. The lowest BCUT2D eigenvalue weighted by molar-refractivity contribution is 0.0924. The molecule has 1 N–H and O–H groups in total. The Bertz CT molecular complexity index is 643. The summed E-state index contributed by atoms with van der Waals surface area (Å²) in [5, 5.41) is 8.00. The van der Waals surface area contributed by atoms with Gasteiger partial charge in [0.25, 0.3) is 5.91 Å². The Morgan fingerprint density at radius 1 is 1.48 bits per heavy atom. The van der Waals surface area contributed by atoms with E-state index in [9.17, 15) is 4.79 Å². The van der Waals surface area contributed by atoms with Gasteiger partial charge in [0, 0.05) is 43.8 Å². The lowest BCUT2D eigenvalue weighted by Gasteiger charge is -2.38. The summed E-state index contributed by atoms with van der Waals surface area (Å²) in [6.45, 7) is 5.70. The summed E-state index contributed by atoms with van der Waals surface area (Å²) in [6, 6.07) is 1.86. The highest BCUT2D eigenvalue weighted by Gasteiger charge is 2.31. The molecule has 3 heterocycles. The van der Waals surface area contributed by atoms with E-state index in [2.05, 4.69) is 38.5 Å². The summed E-state index contributed by atoms with van der Waals surface area (Å²) in [7, 11) is 1.80. The van der Waals surface area contributed by atoms with E-state index in [0.29, 0.717) is 11.6 Å². The van der Waals surface area contributed by atoms with Crippen molar-refractivity contribution in [2.24, 2.45) is 7.05 Å². The standard InChI is InChI=1S/C13H18N6OS/c1-8(2)11-15-13(21-17-11)19-6-9(7-19)14-12(20)10-4-5-18(3)16-10/h4-5,8-9H,6-7H2,1-3H3,(H,14,20). The van der Waals surface area contributed by atoms with Crippen LogP contribution in [0.25, 0.3) is 0 Å². The van der Waals surface area contributed by atoms with Crippen LogP contribution in [-0.2, 0) is 7.05 Å². The number of hydrogen-bond acceptors (Lipinski definition) is 6. The summed E-state index contributed by atoms with van der Waals surface area (Å²) in [5.74, 6) is 1.10. The Balaban J connectivity index is 1.52. The SMILES string of the molecule is CC(C)c1nsc(N2CC(NC(=O)c3ccn(C)n3)C2)n1. The molecule has 0 radical (unpaired) electrons. The number of hydrogen-bond donors (Lipinski definition) is 1. The van der Waals surface area contributed by atoms with E-state index in [0.717, 1.165) is 24.0 Å². The van der Waals surface area contributed by atoms with E-state index in [4.69, 9.17) is 0 Å². The molecule has 3 rings (SSSR count). The number of amides is 1. The van der Waals surface area contributed by atoms with Gasteiger partial charge in [0.15, 0.2) is 0 Å². The van der Waals surface area contributed by atoms with E-state index >= 15 is 0 Å². The van der Waals surface area contributed by atoms with Crippen molar-refractivity contribution in [2.45, 2.75) is 25.8 Å². The highest BCUT2D eigenvalue weighted by atomic mass is 32.1. The molecule has 0 atom stereocenters. The topological polar surface area (TPSA) is 75.9 Å². The summed E-state index contributed by atoms with van der Waals surface area (Å²) in [6.07, 6.45) is 1.76. The van der Waals surface area contributed by atoms with Gasteiger partial charge in [-0.2, -0.15) is 9.47 Å². The van der Waals surface area contributed by atoms with Gasteiger partial charge in [-0.3, -0.25) is 9.48 Å². The predicted molar refractivity (Wildman–Crippen MR) is 80.7 cm³/mol. The largest absolute Gasteiger partial charge is 0.344 e. The smallest absolute Gasteiger partial charge is 0.272 e. The molecule has 8 heteroatoms. The predicted octanol–water partition coefficient (Wildman–Crippen LogP) is 1.01. The zero-order valence-electron chi connectivity index (χ0n) is 12.3. The van der Waals surface area contributed by atoms with Crippen LogP contribution in [0.15, 0.2) is 12.3 Å². The first kappa shape index (κ1) is 14.0. The van der Waals surface area contributed by atoms with Gasteiger partial charge in [-0.1, -0.05) is 13.8 Å². The molecule has 0 spiro atoms. The number of anilines is 1. The number of carbonyl (C=O) groups is 1. The van der Waals surface area contributed by atoms with Crippen molar-refractivity contribution in [2.75, 3.05) is 18.0 Å². The Labute approximate surface area is 127 Å². The molecule has 0 unspecified atom stereocenters. The third-order valence-corrected chi connectivity index (χ3v) is 4.17. The van der Waals surface area contributed by atoms with E-state index in [1.165, 1.54) is 11.5 Å². The number of carbonyl (C=O) groups excluding carboxylic acids is 1. The van der Waals surface area contributed by atoms with Crippen LogP contribution in [0, 0.1) is 0 Å². The van der Waals surface area contributed by atoms with Crippen LogP contribution in [0.5, 0.6) is 0 Å². The average Bonchev–Trinajstić information content (AvgIpc) is 3.01. The average molecular weight is 306 g/mol. The first-order chi connectivity index (χ1) is 10.0. The molecule has 1 amide bonds. The zero-order valence-corrected chi connectivity index (χ0v) is 13.1. The third-order valence-electron chi connectivity index (χ3n) is 3.38. The van der Waals surface area contributed by atoms with Crippen LogP contribution in [0.3, 0.4) is 0 Å². The molecule has 0 bridgehead atoms. The van der Waals surface area contributed by atoms with Crippen molar-refractivity contribution in [3.8, 4) is 0 Å². The monoisotopic (exact) mass is 306 g/mol. The Kier molecular flexibility index (Phi) is 3.62. The molecule has 0 saturated carbocycles. The fraction of sp³-hybridized carbons (Fsp3) is 0.538. The molecule has 1 aliphatic rings. The Hall–Kier alpha value is -1.96. The second kappa shape index (κ2) is 5.44. The van der Waals surface area contributed by atoms with Gasteiger partial charge < -0.3 is 10.2 Å². The lowest BCUT2D eigenvalue weighted by atomic mass is 10.1. The van der Waals surface area contributed by atoms with Gasteiger partial charge in [0.1, 0.15) is 11.5 Å². The molecular formula is C13H18N6OS. The van der Waals surface area contributed by atoms with Crippen molar-refractivity contribution >= 4 is 22.6 Å². The van der Waals surface area contributed by atoms with Crippen molar-refractivity contribution in [3.63, 3.8) is 0 Å². The maximum absolute atomic E-state index is 12.0. The summed E-state index contributed by atoms with van der Waals surface area (Å²) < 4.78 is 5.97. The molecule has 0 aliphatic carbocycles. The molecular weight excluding hydrogens is 288 g/mol. The molecule has 0 aromatic carbocycles. The van der Waals surface area contributed by atoms with Crippen LogP contribution in [-0.4, -0.2) is 44.2 Å². The third kappa shape index (κ3) is 2.90. The highest BCUT2D eigenvalue weighted by molar-refractivity contribution is 7.09. The van der Waals surface area contributed by atoms with Gasteiger partial charge in [0.05, 0.1) is 6.04 Å². The van der Waals surface area contributed by atoms with E-state index in [1.807, 2.05) is 0 Å². The van der Waals surface area contributed by atoms with Gasteiger partial charge in [-0.15, -0.1) is 0 Å². The molecule has 1 fully saturated rings. The first-order valence-corrected chi connectivity index (χ1v) is 7.69. The molecule has 7 nitrogen and oxygen atoms in total. The lowest BCUT2D eigenvalue weighted by Crippen LogP contribution is -2.59. The molecule has 2 aromatic rings. The van der Waals surface area contributed by atoms with Crippen LogP contribution in [0.2, 0.25) is 0 Å². The zero-order chi connectivity index (χ0) is 15.0. The summed E-state index contributed by atoms with van der Waals surface area (Å²) in [5.41, 5.74) is 0.453. The second-order valence-corrected chi connectivity index (χ2v) is 6.27. The molecule has 2 aromatic heterocycles. The molecule has 21 heavy (non-hydrogen) atoms. The Morgan fingerprint density at radius 2 is 2.24 bits per heavy atom. The van der Waals surface area contributed by atoms with E-state index in [-0.39, 0.29) is 11.9 Å². The second-order valence-electron chi connectivity index (χ2n) is 5.54. The van der Waals surface area contributed by atoms with Gasteiger partial charge in [0.2, 0.25) is 5.13 Å². The summed E-state index contributed by atoms with van der Waals surface area (Å²) in [4.78, 5) is 18.6. The van der Waals surface area contributed by atoms with Crippen molar-refractivity contribution < 1.29 is 4.79 Å². The van der Waals surface area contributed by atoms with Crippen LogP contribution < -0.4 is 10.2 Å². The van der Waals surface area contributed by atoms with Crippen LogP contribution >= 0.6 is 11.5 Å². The van der Waals surface area contributed by atoms with Crippen LogP contribution in [0.1, 0.15) is 36.1 Å². The maximum atomic E-state index is 12.0. The van der Waals surface area contributed by atoms with Crippen molar-refractivity contribution in [1.29, 1.82) is 0 Å². The van der Waals surface area contributed by atoms with Crippen molar-refractivity contribution in [3.05, 3.63) is 23.8 Å². The fourth-order valence-corrected chi connectivity index (χ4v) is 2.94. The minimum absolute atomic E-state index is 0.125. The number of nitrogens with one attached hydrogen (secondary N) is 1. The number of nitrogens with zero attached hydrogens (tertiary/aromatic N) is 5. The molecule has 1 saturated heterocycles. The number of aromatic nitrogens is 4. The maximum Gasteiger partial charge on any atom is 0.272 e. The fourth-order valence-electron chi connectivity index (χ4n) is 2.11. The number of aryl methyl sites for hydroxylation is 1. The quantitative estimate of drug-likeness (QED) is 0.912. The number of rotatable bonds is 4. The van der Waals surface area contributed by atoms with Crippen molar-refractivity contribution in [1.82, 2.24) is 24.5 Å². The Morgan fingerprint density at radius 3 is 2.81 bits per heavy atom. The van der Waals surface area contributed by atoms with Gasteiger partial charge in [-0.05, 0) is 6.07 Å². The highest BCUT2D eigenvalue weighted by Crippen LogP contribution is 2.25. The summed E-state index contributed by atoms with van der Waals surface area (Å²) >= 11 is 1.42. The normalized spacial score (nSPS) is 15.3. The first-order valence-electron chi connectivity index (χ1n) is 6.92. The van der Waals surface area contributed by atoms with E-state index < -0.39 is 0 Å². The van der Waals surface area contributed by atoms with Gasteiger partial charge >= 0.3 is 0 Å².